The van der Waals surface area contributed by atoms with Crippen molar-refractivity contribution < 1.29 is 13.2 Å². The third kappa shape index (κ3) is 3.64. The van der Waals surface area contributed by atoms with Crippen molar-refractivity contribution in [1.82, 2.24) is 4.90 Å². The van der Waals surface area contributed by atoms with Crippen LogP contribution in [0.15, 0.2) is 18.2 Å². The minimum absolute atomic E-state index is 0.349. The van der Waals surface area contributed by atoms with Crippen LogP contribution in [0.25, 0.3) is 0 Å². The Balaban J connectivity index is 1.99. The Labute approximate surface area is 116 Å². The summed E-state index contributed by atoms with van der Waals surface area (Å²) in [6.07, 6.45) is -2.11. The van der Waals surface area contributed by atoms with Crippen LogP contribution in [0, 0.1) is 11.3 Å². The highest BCUT2D eigenvalue weighted by Gasteiger charge is 2.33. The summed E-state index contributed by atoms with van der Waals surface area (Å²) in [5.41, 5.74) is -0.848. The second-order valence-corrected chi connectivity index (χ2v) is 5.01. The molecule has 2 rings (SSSR count). The maximum Gasteiger partial charge on any atom is 0.417 e. The predicted molar refractivity (Wildman–Crippen MR) is 70.3 cm³/mol. The summed E-state index contributed by atoms with van der Waals surface area (Å²) >= 11 is 0. The van der Waals surface area contributed by atoms with E-state index in [1.165, 1.54) is 25.0 Å². The monoisotopic (exact) mass is 283 g/mol. The van der Waals surface area contributed by atoms with E-state index in [2.05, 4.69) is 10.2 Å². The standard InChI is InChI=1S/C14H16F3N3/c1-20(12-4-5-12)7-6-19-11-3-2-10(9-18)13(8-11)14(15,16)17/h2-3,8,12,19H,4-7H2,1H3. The number of nitrogens with one attached hydrogen (secondary N) is 1. The van der Waals surface area contributed by atoms with Gasteiger partial charge in [0, 0.05) is 24.8 Å². The number of nitriles is 1. The van der Waals surface area contributed by atoms with Gasteiger partial charge in [-0.2, -0.15) is 18.4 Å². The van der Waals surface area contributed by atoms with E-state index in [0.717, 1.165) is 12.6 Å². The summed E-state index contributed by atoms with van der Waals surface area (Å²) in [4.78, 5) is 2.20. The third-order valence-electron chi connectivity index (χ3n) is 3.41. The van der Waals surface area contributed by atoms with Crippen LogP contribution < -0.4 is 5.32 Å². The highest BCUT2D eigenvalue weighted by atomic mass is 19.4. The van der Waals surface area contributed by atoms with Gasteiger partial charge in [-0.15, -0.1) is 0 Å². The van der Waals surface area contributed by atoms with Crippen molar-refractivity contribution in [1.29, 1.82) is 5.26 Å². The Hall–Kier alpha value is -1.74. The molecule has 1 aliphatic carbocycles. The van der Waals surface area contributed by atoms with Crippen molar-refractivity contribution >= 4 is 5.69 Å². The van der Waals surface area contributed by atoms with Crippen LogP contribution in [0.2, 0.25) is 0 Å². The van der Waals surface area contributed by atoms with Gasteiger partial charge in [0.25, 0.3) is 0 Å². The molecule has 0 aromatic heterocycles. The Bertz CT molecular complexity index is 515. The number of rotatable bonds is 5. The summed E-state index contributed by atoms with van der Waals surface area (Å²) < 4.78 is 38.4. The maximum atomic E-state index is 12.8. The topological polar surface area (TPSA) is 39.1 Å². The van der Waals surface area contributed by atoms with Gasteiger partial charge in [-0.25, -0.2) is 0 Å². The zero-order chi connectivity index (χ0) is 14.8. The fraction of sp³-hybridized carbons (Fsp3) is 0.500. The van der Waals surface area contributed by atoms with Gasteiger partial charge in [-0.3, -0.25) is 0 Å². The van der Waals surface area contributed by atoms with Crippen LogP contribution in [0.5, 0.6) is 0 Å². The Morgan fingerprint density at radius 2 is 2.10 bits per heavy atom. The van der Waals surface area contributed by atoms with Crippen LogP contribution in [-0.2, 0) is 6.18 Å². The van der Waals surface area contributed by atoms with Gasteiger partial charge < -0.3 is 10.2 Å². The molecule has 0 aliphatic heterocycles. The smallest absolute Gasteiger partial charge is 0.384 e. The first-order chi connectivity index (χ1) is 9.41. The lowest BCUT2D eigenvalue weighted by atomic mass is 10.1. The average Bonchev–Trinajstić information content (AvgIpc) is 3.21. The van der Waals surface area contributed by atoms with Crippen molar-refractivity contribution in [2.24, 2.45) is 0 Å². The number of hydrogen-bond acceptors (Lipinski definition) is 3. The van der Waals surface area contributed by atoms with Crippen molar-refractivity contribution in [2.45, 2.75) is 25.1 Å². The van der Waals surface area contributed by atoms with Crippen molar-refractivity contribution in [2.75, 3.05) is 25.5 Å². The SMILES string of the molecule is CN(CCNc1ccc(C#N)c(C(F)(F)F)c1)C1CC1. The summed E-state index contributed by atoms with van der Waals surface area (Å²) in [5.74, 6) is 0. The number of anilines is 1. The van der Waals surface area contributed by atoms with E-state index in [4.69, 9.17) is 5.26 Å². The Morgan fingerprint density at radius 1 is 1.40 bits per heavy atom. The van der Waals surface area contributed by atoms with E-state index in [-0.39, 0.29) is 5.56 Å². The molecule has 0 saturated heterocycles. The van der Waals surface area contributed by atoms with Crippen LogP contribution in [-0.4, -0.2) is 31.1 Å². The highest BCUT2D eigenvalue weighted by Crippen LogP contribution is 2.33. The molecule has 1 fully saturated rings. The molecule has 1 saturated carbocycles. The first-order valence-electron chi connectivity index (χ1n) is 6.47. The second-order valence-electron chi connectivity index (χ2n) is 5.01. The first kappa shape index (κ1) is 14.7. The molecule has 0 bridgehead atoms. The molecule has 1 N–H and O–H groups in total. The van der Waals surface area contributed by atoms with E-state index < -0.39 is 11.7 Å². The number of benzene rings is 1. The highest BCUT2D eigenvalue weighted by molar-refractivity contribution is 5.53. The second kappa shape index (κ2) is 5.71. The van der Waals surface area contributed by atoms with Crippen LogP contribution in [0.4, 0.5) is 18.9 Å². The van der Waals surface area contributed by atoms with Gasteiger partial charge in [-0.1, -0.05) is 0 Å². The van der Waals surface area contributed by atoms with Crippen molar-refractivity contribution in [3.05, 3.63) is 29.3 Å². The molecule has 108 valence electrons. The van der Waals surface area contributed by atoms with Crippen LogP contribution in [0.3, 0.4) is 0 Å². The van der Waals surface area contributed by atoms with E-state index in [1.54, 1.807) is 6.07 Å². The van der Waals surface area contributed by atoms with Crippen LogP contribution >= 0.6 is 0 Å². The molecule has 3 nitrogen and oxygen atoms in total. The molecule has 0 heterocycles. The Morgan fingerprint density at radius 3 is 2.65 bits per heavy atom. The number of nitrogens with zero attached hydrogens (tertiary/aromatic N) is 2. The number of hydrogen-bond donors (Lipinski definition) is 1. The number of halogens is 3. The quantitative estimate of drug-likeness (QED) is 0.902. The predicted octanol–water partition coefficient (Wildman–Crippen LogP) is 3.08. The molecule has 0 atom stereocenters. The van der Waals surface area contributed by atoms with Gasteiger partial charge >= 0.3 is 6.18 Å². The van der Waals surface area contributed by atoms with Crippen LogP contribution in [0.1, 0.15) is 24.0 Å². The van der Waals surface area contributed by atoms with E-state index in [9.17, 15) is 13.2 Å². The molecule has 1 aromatic carbocycles. The van der Waals surface area contributed by atoms with E-state index in [1.807, 2.05) is 7.05 Å². The molecular formula is C14H16F3N3. The minimum atomic E-state index is -4.51. The van der Waals surface area contributed by atoms with Crippen molar-refractivity contribution in [3.63, 3.8) is 0 Å². The molecule has 6 heteroatoms. The van der Waals surface area contributed by atoms with Crippen molar-refractivity contribution in [3.8, 4) is 6.07 Å². The summed E-state index contributed by atoms with van der Waals surface area (Å²) in [6, 6.07) is 5.90. The van der Waals surface area contributed by atoms with E-state index in [0.29, 0.717) is 18.3 Å². The zero-order valence-corrected chi connectivity index (χ0v) is 11.2. The van der Waals surface area contributed by atoms with Gasteiger partial charge in [0.2, 0.25) is 0 Å². The largest absolute Gasteiger partial charge is 0.417 e. The summed E-state index contributed by atoms with van der Waals surface area (Å²) in [5, 5.41) is 11.7. The average molecular weight is 283 g/mol. The summed E-state index contributed by atoms with van der Waals surface area (Å²) in [6.45, 7) is 1.36. The minimum Gasteiger partial charge on any atom is -0.384 e. The number of alkyl halides is 3. The lowest BCUT2D eigenvalue weighted by Crippen LogP contribution is -2.27. The molecule has 1 aromatic rings. The molecule has 0 unspecified atom stereocenters. The fourth-order valence-corrected chi connectivity index (χ4v) is 2.06. The summed E-state index contributed by atoms with van der Waals surface area (Å²) in [7, 11) is 2.01. The lowest BCUT2D eigenvalue weighted by molar-refractivity contribution is -0.137. The fourth-order valence-electron chi connectivity index (χ4n) is 2.06. The maximum absolute atomic E-state index is 12.8. The van der Waals surface area contributed by atoms with Gasteiger partial charge in [0.15, 0.2) is 0 Å². The lowest BCUT2D eigenvalue weighted by Gasteiger charge is -2.17. The van der Waals surface area contributed by atoms with Gasteiger partial charge in [-0.05, 0) is 38.1 Å². The normalized spacial score (nSPS) is 15.2. The van der Waals surface area contributed by atoms with E-state index >= 15 is 0 Å². The van der Waals surface area contributed by atoms with Gasteiger partial charge in [0.05, 0.1) is 17.2 Å². The third-order valence-corrected chi connectivity index (χ3v) is 3.41. The number of likely N-dealkylation sites (N-methyl/N-ethyl adjacent to an activating group) is 1. The molecular weight excluding hydrogens is 267 g/mol. The zero-order valence-electron chi connectivity index (χ0n) is 11.2. The Kier molecular flexibility index (Phi) is 4.19. The molecule has 0 radical (unpaired) electrons. The first-order valence-corrected chi connectivity index (χ1v) is 6.47. The molecule has 0 spiro atoms. The molecule has 20 heavy (non-hydrogen) atoms. The molecule has 1 aliphatic rings. The van der Waals surface area contributed by atoms with Gasteiger partial charge in [0.1, 0.15) is 0 Å². The molecule has 0 amide bonds.